The van der Waals surface area contributed by atoms with E-state index in [4.69, 9.17) is 16.3 Å². The summed E-state index contributed by atoms with van der Waals surface area (Å²) >= 11 is 6.27. The maximum absolute atomic E-state index is 12.1. The lowest BCUT2D eigenvalue weighted by Gasteiger charge is -2.11. The number of hydrogen-bond acceptors (Lipinski definition) is 4. The molecule has 0 saturated heterocycles. The van der Waals surface area contributed by atoms with Crippen LogP contribution >= 0.6 is 11.6 Å². The highest BCUT2D eigenvalue weighted by molar-refractivity contribution is 6.39. The molecule has 3 rings (SSSR count). The number of hydrazone groups is 1. The number of amides is 2. The Hall–Kier alpha value is -3.58. The number of halogens is 1. The van der Waals surface area contributed by atoms with Crippen molar-refractivity contribution in [3.05, 3.63) is 76.1 Å². The molecule has 2 amide bonds. The predicted octanol–water partition coefficient (Wildman–Crippen LogP) is 4.54. The quantitative estimate of drug-likeness (QED) is 0.327. The molecular formula is C24H25ClN4O3. The van der Waals surface area contributed by atoms with E-state index in [0.717, 1.165) is 28.2 Å². The lowest BCUT2D eigenvalue weighted by molar-refractivity contribution is -0.136. The van der Waals surface area contributed by atoms with Gasteiger partial charge in [-0.3, -0.25) is 9.59 Å². The number of nitrogens with one attached hydrogen (secondary N) is 2. The van der Waals surface area contributed by atoms with E-state index in [1.165, 1.54) is 6.21 Å². The maximum Gasteiger partial charge on any atom is 0.329 e. The minimum atomic E-state index is -0.866. The Morgan fingerprint density at radius 3 is 2.44 bits per heavy atom. The standard InChI is InChI=1S/C24H25ClN4O3/c1-5-32-21-10-7-19(8-11-21)27-23(30)24(31)28-26-14-18-12-16(3)29(17(18)4)20-9-6-15(2)22(25)13-20/h6-14H,5H2,1-4H3,(H,27,30)(H,28,31)/b26-14-. The normalized spacial score (nSPS) is 10.9. The molecule has 0 bridgehead atoms. The second-order valence-corrected chi connectivity index (χ2v) is 7.61. The zero-order chi connectivity index (χ0) is 23.3. The van der Waals surface area contributed by atoms with Gasteiger partial charge in [-0.25, -0.2) is 5.43 Å². The number of aromatic nitrogens is 1. The molecule has 0 unspecified atom stereocenters. The minimum Gasteiger partial charge on any atom is -0.494 e. The number of carbonyl (C=O) groups excluding carboxylic acids is 2. The van der Waals surface area contributed by atoms with Crippen molar-refractivity contribution in [1.82, 2.24) is 9.99 Å². The number of carbonyl (C=O) groups is 2. The van der Waals surface area contributed by atoms with Crippen molar-refractivity contribution in [1.29, 1.82) is 0 Å². The molecule has 1 heterocycles. The Morgan fingerprint density at radius 1 is 1.06 bits per heavy atom. The van der Waals surface area contributed by atoms with Gasteiger partial charge >= 0.3 is 11.8 Å². The topological polar surface area (TPSA) is 84.7 Å². The molecule has 3 aromatic rings. The second-order valence-electron chi connectivity index (χ2n) is 7.21. The van der Waals surface area contributed by atoms with E-state index in [2.05, 4.69) is 15.8 Å². The molecule has 7 nitrogen and oxygen atoms in total. The fourth-order valence-electron chi connectivity index (χ4n) is 3.24. The van der Waals surface area contributed by atoms with E-state index in [1.807, 2.05) is 56.5 Å². The molecule has 0 saturated carbocycles. The summed E-state index contributed by atoms with van der Waals surface area (Å²) < 4.78 is 7.40. The maximum atomic E-state index is 12.1. The van der Waals surface area contributed by atoms with E-state index in [1.54, 1.807) is 24.3 Å². The van der Waals surface area contributed by atoms with Crippen molar-refractivity contribution >= 4 is 35.3 Å². The average Bonchev–Trinajstić information content (AvgIpc) is 3.04. The average molecular weight is 453 g/mol. The summed E-state index contributed by atoms with van der Waals surface area (Å²) in [5.74, 6) is -0.995. The predicted molar refractivity (Wildman–Crippen MR) is 127 cm³/mol. The molecular weight excluding hydrogens is 428 g/mol. The third-order valence-corrected chi connectivity index (χ3v) is 5.29. The summed E-state index contributed by atoms with van der Waals surface area (Å²) in [5.41, 5.74) is 7.42. The summed E-state index contributed by atoms with van der Waals surface area (Å²) in [6.07, 6.45) is 1.51. The van der Waals surface area contributed by atoms with Crippen LogP contribution in [0.2, 0.25) is 5.02 Å². The fraction of sp³-hybridized carbons (Fsp3) is 0.208. The summed E-state index contributed by atoms with van der Waals surface area (Å²) in [6, 6.07) is 14.6. The third-order valence-electron chi connectivity index (χ3n) is 4.88. The van der Waals surface area contributed by atoms with Crippen molar-refractivity contribution < 1.29 is 14.3 Å². The molecule has 0 radical (unpaired) electrons. The SMILES string of the molecule is CCOc1ccc(NC(=O)C(=O)N/N=C\c2cc(C)n(-c3ccc(C)c(Cl)c3)c2C)cc1. The van der Waals surface area contributed by atoms with Crippen molar-refractivity contribution in [2.45, 2.75) is 27.7 Å². The first kappa shape index (κ1) is 23.1. The number of benzene rings is 2. The first-order valence-electron chi connectivity index (χ1n) is 10.1. The molecule has 0 aliphatic rings. The second kappa shape index (κ2) is 10.2. The van der Waals surface area contributed by atoms with Gasteiger partial charge in [0.1, 0.15) is 5.75 Å². The molecule has 166 valence electrons. The van der Waals surface area contributed by atoms with Crippen LogP contribution in [-0.4, -0.2) is 29.2 Å². The van der Waals surface area contributed by atoms with Gasteiger partial charge in [0, 0.05) is 33.3 Å². The first-order valence-corrected chi connectivity index (χ1v) is 10.5. The van der Waals surface area contributed by atoms with Gasteiger partial charge in [-0.05, 0) is 75.7 Å². The zero-order valence-corrected chi connectivity index (χ0v) is 19.2. The van der Waals surface area contributed by atoms with E-state index >= 15 is 0 Å². The largest absolute Gasteiger partial charge is 0.494 e. The Balaban J connectivity index is 1.64. The number of ether oxygens (including phenoxy) is 1. The number of rotatable bonds is 6. The van der Waals surface area contributed by atoms with Gasteiger partial charge < -0.3 is 14.6 Å². The smallest absolute Gasteiger partial charge is 0.329 e. The van der Waals surface area contributed by atoms with Crippen LogP contribution in [0.25, 0.3) is 5.69 Å². The Bertz CT molecular complexity index is 1170. The van der Waals surface area contributed by atoms with Crippen LogP contribution in [0, 0.1) is 20.8 Å². The zero-order valence-electron chi connectivity index (χ0n) is 18.4. The van der Waals surface area contributed by atoms with Gasteiger partial charge in [0.05, 0.1) is 12.8 Å². The molecule has 0 spiro atoms. The first-order chi connectivity index (χ1) is 15.3. The minimum absolute atomic E-state index is 0.484. The van der Waals surface area contributed by atoms with Gasteiger partial charge in [0.25, 0.3) is 0 Å². The van der Waals surface area contributed by atoms with Crippen LogP contribution in [0.4, 0.5) is 5.69 Å². The molecule has 1 aromatic heterocycles. The van der Waals surface area contributed by atoms with Crippen molar-refractivity contribution in [2.75, 3.05) is 11.9 Å². The van der Waals surface area contributed by atoms with Gasteiger partial charge in [-0.1, -0.05) is 17.7 Å². The Kier molecular flexibility index (Phi) is 7.33. The molecule has 2 N–H and O–H groups in total. The highest BCUT2D eigenvalue weighted by atomic mass is 35.5. The monoisotopic (exact) mass is 452 g/mol. The molecule has 2 aromatic carbocycles. The number of aryl methyl sites for hydroxylation is 2. The summed E-state index contributed by atoms with van der Waals surface area (Å²) in [7, 11) is 0. The summed E-state index contributed by atoms with van der Waals surface area (Å²) in [5, 5.41) is 7.15. The summed E-state index contributed by atoms with van der Waals surface area (Å²) in [4.78, 5) is 24.2. The molecule has 0 aliphatic heterocycles. The highest BCUT2D eigenvalue weighted by Crippen LogP contribution is 2.24. The van der Waals surface area contributed by atoms with Crippen LogP contribution < -0.4 is 15.5 Å². The molecule has 32 heavy (non-hydrogen) atoms. The number of nitrogens with zero attached hydrogens (tertiary/aromatic N) is 2. The van der Waals surface area contributed by atoms with Crippen molar-refractivity contribution in [2.24, 2.45) is 5.10 Å². The van der Waals surface area contributed by atoms with Crippen LogP contribution in [0.5, 0.6) is 5.75 Å². The van der Waals surface area contributed by atoms with Crippen LogP contribution in [-0.2, 0) is 9.59 Å². The Morgan fingerprint density at radius 2 is 1.78 bits per heavy atom. The number of hydrogen-bond donors (Lipinski definition) is 2. The van der Waals surface area contributed by atoms with Gasteiger partial charge in [-0.2, -0.15) is 5.10 Å². The molecule has 0 fully saturated rings. The summed E-state index contributed by atoms with van der Waals surface area (Å²) in [6.45, 7) is 8.31. The van der Waals surface area contributed by atoms with E-state index in [9.17, 15) is 9.59 Å². The lowest BCUT2D eigenvalue weighted by Crippen LogP contribution is -2.32. The van der Waals surface area contributed by atoms with Gasteiger partial charge in [0.15, 0.2) is 0 Å². The van der Waals surface area contributed by atoms with Crippen molar-refractivity contribution in [3.63, 3.8) is 0 Å². The molecule has 8 heteroatoms. The van der Waals surface area contributed by atoms with E-state index in [-0.39, 0.29) is 0 Å². The van der Waals surface area contributed by atoms with Gasteiger partial charge in [-0.15, -0.1) is 0 Å². The lowest BCUT2D eigenvalue weighted by atomic mass is 10.2. The number of anilines is 1. The van der Waals surface area contributed by atoms with Crippen molar-refractivity contribution in [3.8, 4) is 11.4 Å². The Labute approximate surface area is 192 Å². The highest BCUT2D eigenvalue weighted by Gasteiger charge is 2.14. The van der Waals surface area contributed by atoms with E-state index in [0.29, 0.717) is 23.1 Å². The van der Waals surface area contributed by atoms with Crippen LogP contribution in [0.1, 0.15) is 29.4 Å². The van der Waals surface area contributed by atoms with Crippen LogP contribution in [0.15, 0.2) is 53.6 Å². The fourth-order valence-corrected chi connectivity index (χ4v) is 3.41. The third kappa shape index (κ3) is 5.36. The van der Waals surface area contributed by atoms with E-state index < -0.39 is 11.8 Å². The van der Waals surface area contributed by atoms with Crippen LogP contribution in [0.3, 0.4) is 0 Å². The molecule has 0 aliphatic carbocycles. The molecule has 0 atom stereocenters. The van der Waals surface area contributed by atoms with Gasteiger partial charge in [0.2, 0.25) is 0 Å².